The van der Waals surface area contributed by atoms with Crippen LogP contribution in [0.3, 0.4) is 0 Å². The summed E-state index contributed by atoms with van der Waals surface area (Å²) >= 11 is 0. The molecule has 156 valence electrons. The second kappa shape index (κ2) is 8.93. The predicted molar refractivity (Wildman–Crippen MR) is 118 cm³/mol. The number of unbranched alkanes of at least 4 members (excludes halogenated alkanes) is 1. The maximum atomic E-state index is 13.2. The van der Waals surface area contributed by atoms with Gasteiger partial charge in [-0.3, -0.25) is 9.59 Å². The average Bonchev–Trinajstić information content (AvgIpc) is 3.43. The second-order valence-electron chi connectivity index (χ2n) is 8.36. The average molecular weight is 414 g/mol. The summed E-state index contributed by atoms with van der Waals surface area (Å²) in [5, 5.41) is -0.911. The first kappa shape index (κ1) is 21.9. The van der Waals surface area contributed by atoms with Crippen LogP contribution in [0.4, 0.5) is 0 Å². The Balaban J connectivity index is 1.73. The molecule has 0 spiro atoms. The van der Waals surface area contributed by atoms with Crippen LogP contribution in [0.15, 0.2) is 35.9 Å². The molecule has 1 aliphatic heterocycles. The van der Waals surface area contributed by atoms with E-state index in [9.17, 15) is 9.59 Å². The van der Waals surface area contributed by atoms with E-state index in [1.807, 2.05) is 51.1 Å². The lowest BCUT2D eigenvalue weighted by Crippen LogP contribution is -2.37. The second-order valence-corrected chi connectivity index (χ2v) is 9.46. The minimum absolute atomic E-state index is 0.00606. The van der Waals surface area contributed by atoms with Crippen molar-refractivity contribution in [1.29, 1.82) is 0 Å². The first-order valence-corrected chi connectivity index (χ1v) is 10.9. The van der Waals surface area contributed by atoms with Gasteiger partial charge in [0, 0.05) is 12.0 Å². The van der Waals surface area contributed by atoms with E-state index < -0.39 is 5.16 Å². The summed E-state index contributed by atoms with van der Waals surface area (Å²) in [5.41, 5.74) is 4.75. The van der Waals surface area contributed by atoms with Crippen LogP contribution in [0.25, 0.3) is 0 Å². The Morgan fingerprint density at radius 2 is 1.90 bits per heavy atom. The van der Waals surface area contributed by atoms with Crippen molar-refractivity contribution in [2.24, 2.45) is 0 Å². The van der Waals surface area contributed by atoms with Gasteiger partial charge >= 0.3 is 5.97 Å². The summed E-state index contributed by atoms with van der Waals surface area (Å²) in [6.45, 7) is 8.23. The monoisotopic (exact) mass is 414 g/mol. The maximum Gasteiger partial charge on any atom is 0.316 e. The van der Waals surface area contributed by atoms with E-state index in [1.165, 1.54) is 0 Å². The van der Waals surface area contributed by atoms with E-state index in [0.717, 1.165) is 40.7 Å². The molecule has 0 radical (unpaired) electrons. The van der Waals surface area contributed by atoms with E-state index in [2.05, 4.69) is 16.2 Å². The molecule has 29 heavy (non-hydrogen) atoms. The number of aryl methyl sites for hydroxylation is 3. The summed E-state index contributed by atoms with van der Waals surface area (Å²) in [6.07, 6.45) is 8.60. The fraction of sp³-hybridized carbons (Fsp3) is 0.500. The van der Waals surface area contributed by atoms with E-state index >= 15 is 0 Å². The van der Waals surface area contributed by atoms with Crippen molar-refractivity contribution in [2.45, 2.75) is 70.7 Å². The van der Waals surface area contributed by atoms with Gasteiger partial charge in [-0.25, -0.2) is 0 Å². The molecule has 3 rings (SSSR count). The number of benzene rings is 1. The van der Waals surface area contributed by atoms with Crippen molar-refractivity contribution in [2.75, 3.05) is 6.61 Å². The summed E-state index contributed by atoms with van der Waals surface area (Å²) in [6, 6.07) is 4.04. The third-order valence-electron chi connectivity index (χ3n) is 5.69. The molecule has 1 heterocycles. The number of hydrogen-bond donors (Lipinski definition) is 0. The zero-order valence-electron chi connectivity index (χ0n) is 17.8. The van der Waals surface area contributed by atoms with Crippen LogP contribution in [0.2, 0.25) is 0 Å². The van der Waals surface area contributed by atoms with Crippen molar-refractivity contribution >= 4 is 21.0 Å². The number of allylic oxidation sites excluding steroid dienone is 2. The number of fused-ring (bicyclic) bond motifs is 1. The smallest absolute Gasteiger partial charge is 0.316 e. The van der Waals surface area contributed by atoms with Gasteiger partial charge in [-0.1, -0.05) is 55.7 Å². The molecule has 0 saturated carbocycles. The molecule has 0 bridgehead atoms. The van der Waals surface area contributed by atoms with Crippen molar-refractivity contribution < 1.29 is 19.1 Å². The highest BCUT2D eigenvalue weighted by Crippen LogP contribution is 2.36. The molecule has 1 fully saturated rings. The predicted octanol–water partition coefficient (Wildman–Crippen LogP) is 4.80. The molecule has 5 heteroatoms. The van der Waals surface area contributed by atoms with Gasteiger partial charge in [0.05, 0.1) is 5.16 Å². The van der Waals surface area contributed by atoms with Gasteiger partial charge in [0.2, 0.25) is 0 Å². The molecule has 4 unspecified atom stereocenters. The number of Topliss-reactive ketones (excluding diaryl/α,β-unsaturated/α-hetero) is 1. The molecule has 2 aliphatic rings. The zero-order chi connectivity index (χ0) is 21.2. The molecule has 1 aromatic rings. The van der Waals surface area contributed by atoms with Gasteiger partial charge in [0.15, 0.2) is 5.78 Å². The number of ether oxygens (including phenoxy) is 2. The quantitative estimate of drug-likeness (QED) is 0.252. The number of epoxide rings is 1. The van der Waals surface area contributed by atoms with Gasteiger partial charge in [0.25, 0.3) is 0 Å². The zero-order valence-corrected chi connectivity index (χ0v) is 18.9. The van der Waals surface area contributed by atoms with Gasteiger partial charge in [0.1, 0.15) is 18.8 Å². The van der Waals surface area contributed by atoms with Gasteiger partial charge in [-0.2, -0.15) is 0 Å². The van der Waals surface area contributed by atoms with Crippen molar-refractivity contribution in [3.63, 3.8) is 0 Å². The topological polar surface area (TPSA) is 55.9 Å². The highest BCUT2D eigenvalue weighted by Gasteiger charge is 2.42. The Kier molecular flexibility index (Phi) is 6.76. The lowest BCUT2D eigenvalue weighted by molar-refractivity contribution is -0.146. The molecular formula is C24H31O4P. The summed E-state index contributed by atoms with van der Waals surface area (Å²) in [7, 11) is 2.64. The Labute approximate surface area is 175 Å². The molecule has 1 saturated heterocycles. The largest absolute Gasteiger partial charge is 0.460 e. The molecule has 0 amide bonds. The van der Waals surface area contributed by atoms with Crippen LogP contribution in [0, 0.1) is 20.8 Å². The van der Waals surface area contributed by atoms with Crippen LogP contribution in [0.5, 0.6) is 0 Å². The Morgan fingerprint density at radius 3 is 2.55 bits per heavy atom. The van der Waals surface area contributed by atoms with Gasteiger partial charge in [-0.15, -0.1) is 9.24 Å². The summed E-state index contributed by atoms with van der Waals surface area (Å²) < 4.78 is 11.2. The highest BCUT2D eigenvalue weighted by molar-refractivity contribution is 7.21. The molecule has 0 N–H and O–H groups in total. The summed E-state index contributed by atoms with van der Waals surface area (Å²) in [5.74, 6) is -0.340. The van der Waals surface area contributed by atoms with E-state index in [4.69, 9.17) is 9.47 Å². The van der Waals surface area contributed by atoms with Crippen molar-refractivity contribution in [3.05, 3.63) is 58.2 Å². The lowest BCUT2D eigenvalue weighted by Gasteiger charge is -2.27. The van der Waals surface area contributed by atoms with E-state index in [0.29, 0.717) is 6.42 Å². The van der Waals surface area contributed by atoms with Crippen LogP contribution in [0.1, 0.15) is 59.7 Å². The first-order valence-electron chi connectivity index (χ1n) is 10.3. The first-order chi connectivity index (χ1) is 13.7. The van der Waals surface area contributed by atoms with Crippen LogP contribution >= 0.6 is 9.24 Å². The number of ketones is 1. The Bertz CT molecular complexity index is 847. The van der Waals surface area contributed by atoms with Crippen LogP contribution in [-0.4, -0.2) is 35.7 Å². The minimum Gasteiger partial charge on any atom is -0.460 e. The minimum atomic E-state index is -0.911. The maximum absolute atomic E-state index is 13.2. The number of hydrogen-bond acceptors (Lipinski definition) is 4. The van der Waals surface area contributed by atoms with Gasteiger partial charge in [-0.05, 0) is 43.9 Å². The Morgan fingerprint density at radius 1 is 1.21 bits per heavy atom. The SMILES string of the molecule is CCCCC(P)(CC(=O)c1c(C)cc(C)cc1C)C(=O)OCC1=CC=CC2OC12. The lowest BCUT2D eigenvalue weighted by atomic mass is 9.88. The molecule has 1 aromatic carbocycles. The number of rotatable bonds is 9. The third kappa shape index (κ3) is 5.05. The normalized spacial score (nSPS) is 21.8. The van der Waals surface area contributed by atoms with Crippen LogP contribution < -0.4 is 0 Å². The fourth-order valence-electron chi connectivity index (χ4n) is 4.12. The number of carbonyl (C=O) groups excluding carboxylic acids is 2. The van der Waals surface area contributed by atoms with Crippen LogP contribution in [-0.2, 0) is 14.3 Å². The third-order valence-corrected chi connectivity index (χ3v) is 6.42. The molecular weight excluding hydrogens is 383 g/mol. The standard InChI is InChI=1S/C24H31O4P/c1-5-6-10-24(29,13-19(25)21-16(3)11-15(2)12-17(21)4)23(26)27-14-18-8-7-9-20-22(18)28-20/h7-9,11-12,20,22H,5-6,10,13-14,29H2,1-4H3. The number of carbonyl (C=O) groups is 2. The van der Waals surface area contributed by atoms with Crippen molar-refractivity contribution in [1.82, 2.24) is 0 Å². The molecule has 0 aromatic heterocycles. The van der Waals surface area contributed by atoms with E-state index in [-0.39, 0.29) is 37.0 Å². The summed E-state index contributed by atoms with van der Waals surface area (Å²) in [4.78, 5) is 26.2. The van der Waals surface area contributed by atoms with E-state index in [1.54, 1.807) is 0 Å². The fourth-order valence-corrected chi connectivity index (χ4v) is 4.60. The van der Waals surface area contributed by atoms with Gasteiger partial charge < -0.3 is 9.47 Å². The van der Waals surface area contributed by atoms with Crippen molar-refractivity contribution in [3.8, 4) is 0 Å². The number of esters is 1. The Hall–Kier alpha value is -1.77. The molecule has 4 nitrogen and oxygen atoms in total. The molecule has 4 atom stereocenters. The molecule has 1 aliphatic carbocycles. The highest BCUT2D eigenvalue weighted by atomic mass is 31.0.